The van der Waals surface area contributed by atoms with Crippen molar-refractivity contribution < 1.29 is 19.5 Å². The number of anilines is 1. The van der Waals surface area contributed by atoms with Gasteiger partial charge in [-0.05, 0) is 48.0 Å². The topological polar surface area (TPSA) is 83.5 Å². The number of benzene rings is 3. The van der Waals surface area contributed by atoms with Crippen LogP contribution in [0, 0.1) is 0 Å². The molecule has 28 heavy (non-hydrogen) atoms. The third-order valence-electron chi connectivity index (χ3n) is 4.04. The SMILES string of the molecule is O=C(C=Cc1ccccc1)Nc1ccc(C(=O)c2ccc(C(=O)O)cc2)cc1. The van der Waals surface area contributed by atoms with Gasteiger partial charge in [0, 0.05) is 22.9 Å². The summed E-state index contributed by atoms with van der Waals surface area (Å²) >= 11 is 0. The van der Waals surface area contributed by atoms with E-state index in [0.29, 0.717) is 16.8 Å². The number of nitrogens with one attached hydrogen (secondary N) is 1. The van der Waals surface area contributed by atoms with E-state index in [4.69, 9.17) is 5.11 Å². The van der Waals surface area contributed by atoms with Crippen LogP contribution >= 0.6 is 0 Å². The summed E-state index contributed by atoms with van der Waals surface area (Å²) in [5.41, 5.74) is 2.46. The minimum absolute atomic E-state index is 0.123. The van der Waals surface area contributed by atoms with Crippen molar-refractivity contribution in [2.45, 2.75) is 0 Å². The van der Waals surface area contributed by atoms with E-state index < -0.39 is 5.97 Å². The molecular formula is C23H17NO4. The Labute approximate surface area is 162 Å². The molecule has 0 aromatic heterocycles. The molecule has 3 aromatic rings. The Morgan fingerprint density at radius 3 is 1.82 bits per heavy atom. The molecule has 0 aliphatic rings. The van der Waals surface area contributed by atoms with Crippen LogP contribution < -0.4 is 5.32 Å². The second kappa shape index (κ2) is 8.60. The summed E-state index contributed by atoms with van der Waals surface area (Å²) in [5, 5.41) is 11.6. The van der Waals surface area contributed by atoms with Crippen LogP contribution in [0.4, 0.5) is 5.69 Å². The van der Waals surface area contributed by atoms with Gasteiger partial charge < -0.3 is 10.4 Å². The maximum atomic E-state index is 12.5. The first-order valence-corrected chi connectivity index (χ1v) is 8.55. The minimum atomic E-state index is -1.04. The van der Waals surface area contributed by atoms with Crippen molar-refractivity contribution in [3.8, 4) is 0 Å². The van der Waals surface area contributed by atoms with E-state index in [0.717, 1.165) is 5.56 Å². The van der Waals surface area contributed by atoms with E-state index in [9.17, 15) is 14.4 Å². The second-order valence-corrected chi connectivity index (χ2v) is 6.02. The fourth-order valence-corrected chi connectivity index (χ4v) is 2.56. The molecule has 0 spiro atoms. The fourth-order valence-electron chi connectivity index (χ4n) is 2.56. The summed E-state index contributed by atoms with van der Waals surface area (Å²) in [6.07, 6.45) is 3.16. The Kier molecular flexibility index (Phi) is 5.77. The quantitative estimate of drug-likeness (QED) is 0.501. The summed E-state index contributed by atoms with van der Waals surface area (Å²) in [7, 11) is 0. The van der Waals surface area contributed by atoms with E-state index >= 15 is 0 Å². The highest BCUT2D eigenvalue weighted by atomic mass is 16.4. The first-order chi connectivity index (χ1) is 13.5. The zero-order chi connectivity index (χ0) is 19.9. The molecule has 5 nitrogen and oxygen atoms in total. The zero-order valence-electron chi connectivity index (χ0n) is 14.8. The van der Waals surface area contributed by atoms with Gasteiger partial charge in [-0.3, -0.25) is 9.59 Å². The van der Waals surface area contributed by atoms with Crippen LogP contribution in [0.1, 0.15) is 31.8 Å². The Hall–Kier alpha value is -3.99. The van der Waals surface area contributed by atoms with Crippen LogP contribution in [0.5, 0.6) is 0 Å². The van der Waals surface area contributed by atoms with Crippen LogP contribution in [0.2, 0.25) is 0 Å². The summed E-state index contributed by atoms with van der Waals surface area (Å²) in [6.45, 7) is 0. The van der Waals surface area contributed by atoms with Gasteiger partial charge in [-0.2, -0.15) is 0 Å². The maximum Gasteiger partial charge on any atom is 0.335 e. The zero-order valence-corrected chi connectivity index (χ0v) is 14.8. The van der Waals surface area contributed by atoms with Gasteiger partial charge in [-0.25, -0.2) is 4.79 Å². The van der Waals surface area contributed by atoms with Crippen molar-refractivity contribution in [1.82, 2.24) is 0 Å². The standard InChI is InChI=1S/C23H17NO4/c25-21(15-6-16-4-2-1-3-5-16)24-20-13-11-18(12-14-20)22(26)17-7-9-19(10-8-17)23(27)28/h1-15H,(H,24,25)(H,27,28). The third-order valence-corrected chi connectivity index (χ3v) is 4.04. The number of hydrogen-bond acceptors (Lipinski definition) is 3. The van der Waals surface area contributed by atoms with Gasteiger partial charge in [-0.1, -0.05) is 42.5 Å². The smallest absolute Gasteiger partial charge is 0.335 e. The molecule has 0 aliphatic heterocycles. The van der Waals surface area contributed by atoms with Crippen molar-refractivity contribution in [1.29, 1.82) is 0 Å². The largest absolute Gasteiger partial charge is 0.478 e. The van der Waals surface area contributed by atoms with Crippen LogP contribution in [0.25, 0.3) is 6.08 Å². The molecule has 0 atom stereocenters. The molecule has 0 bridgehead atoms. The van der Waals surface area contributed by atoms with Crippen molar-refractivity contribution in [3.63, 3.8) is 0 Å². The van der Waals surface area contributed by atoms with Gasteiger partial charge in [0.1, 0.15) is 0 Å². The maximum absolute atomic E-state index is 12.5. The van der Waals surface area contributed by atoms with Crippen LogP contribution in [0.15, 0.2) is 84.9 Å². The van der Waals surface area contributed by atoms with Gasteiger partial charge in [0.05, 0.1) is 5.56 Å². The van der Waals surface area contributed by atoms with Gasteiger partial charge in [0.2, 0.25) is 5.91 Å². The number of rotatable bonds is 6. The van der Waals surface area contributed by atoms with E-state index in [-0.39, 0.29) is 17.3 Å². The highest BCUT2D eigenvalue weighted by Gasteiger charge is 2.10. The lowest BCUT2D eigenvalue weighted by atomic mass is 10.0. The molecule has 0 aliphatic carbocycles. The molecule has 5 heteroatoms. The summed E-state index contributed by atoms with van der Waals surface area (Å²) < 4.78 is 0. The van der Waals surface area contributed by atoms with Gasteiger partial charge in [0.25, 0.3) is 0 Å². The van der Waals surface area contributed by atoms with Crippen molar-refractivity contribution in [2.75, 3.05) is 5.32 Å². The third kappa shape index (κ3) is 4.80. The normalized spacial score (nSPS) is 10.6. The van der Waals surface area contributed by atoms with Crippen LogP contribution in [-0.4, -0.2) is 22.8 Å². The average Bonchev–Trinajstić information content (AvgIpc) is 2.73. The Balaban J connectivity index is 1.64. The molecular weight excluding hydrogens is 354 g/mol. The van der Waals surface area contributed by atoms with Crippen molar-refractivity contribution in [3.05, 3.63) is 107 Å². The number of ketones is 1. The van der Waals surface area contributed by atoms with Crippen LogP contribution in [0.3, 0.4) is 0 Å². The lowest BCUT2D eigenvalue weighted by Gasteiger charge is -2.05. The number of carboxylic acid groups (broad SMARTS) is 1. The summed E-state index contributed by atoms with van der Waals surface area (Å²) in [5.74, 6) is -1.54. The second-order valence-electron chi connectivity index (χ2n) is 6.02. The molecule has 0 unspecified atom stereocenters. The molecule has 0 heterocycles. The summed E-state index contributed by atoms with van der Waals surface area (Å²) in [4.78, 5) is 35.4. The van der Waals surface area contributed by atoms with Gasteiger partial charge in [0.15, 0.2) is 5.78 Å². The molecule has 2 N–H and O–H groups in total. The number of hydrogen-bond donors (Lipinski definition) is 2. The highest BCUT2D eigenvalue weighted by molar-refractivity contribution is 6.09. The van der Waals surface area contributed by atoms with Gasteiger partial charge in [-0.15, -0.1) is 0 Å². The molecule has 0 fully saturated rings. The predicted molar refractivity (Wildman–Crippen MR) is 107 cm³/mol. The molecule has 1 amide bonds. The van der Waals surface area contributed by atoms with Gasteiger partial charge >= 0.3 is 5.97 Å². The predicted octanol–water partition coefficient (Wildman–Crippen LogP) is 4.27. The van der Waals surface area contributed by atoms with Crippen molar-refractivity contribution >= 4 is 29.4 Å². The lowest BCUT2D eigenvalue weighted by Crippen LogP contribution is -2.08. The number of carboxylic acids is 1. The average molecular weight is 371 g/mol. The van der Waals surface area contributed by atoms with Crippen LogP contribution in [-0.2, 0) is 4.79 Å². The van der Waals surface area contributed by atoms with E-state index in [1.54, 1.807) is 30.3 Å². The molecule has 0 saturated carbocycles. The molecule has 0 saturated heterocycles. The first kappa shape index (κ1) is 18.8. The monoisotopic (exact) mass is 371 g/mol. The fraction of sp³-hybridized carbons (Fsp3) is 0. The summed E-state index contributed by atoms with van der Waals surface area (Å²) in [6, 6.07) is 21.7. The number of amides is 1. The molecule has 3 rings (SSSR count). The van der Waals surface area contributed by atoms with E-state index in [1.165, 1.54) is 30.3 Å². The van der Waals surface area contributed by atoms with Crippen molar-refractivity contribution in [2.24, 2.45) is 0 Å². The van der Waals surface area contributed by atoms with E-state index in [1.807, 2.05) is 30.3 Å². The molecule has 3 aromatic carbocycles. The Morgan fingerprint density at radius 2 is 1.25 bits per heavy atom. The molecule has 138 valence electrons. The first-order valence-electron chi connectivity index (χ1n) is 8.55. The minimum Gasteiger partial charge on any atom is -0.478 e. The number of carbonyl (C=O) groups excluding carboxylic acids is 2. The highest BCUT2D eigenvalue weighted by Crippen LogP contribution is 2.15. The number of carbonyl (C=O) groups is 3. The molecule has 0 radical (unpaired) electrons. The number of aromatic carboxylic acids is 1. The lowest BCUT2D eigenvalue weighted by molar-refractivity contribution is -0.111. The Bertz CT molecular complexity index is 1020. The Morgan fingerprint density at radius 1 is 0.714 bits per heavy atom. The van der Waals surface area contributed by atoms with E-state index in [2.05, 4.69) is 5.32 Å².